The van der Waals surface area contributed by atoms with Gasteiger partial charge in [0.25, 0.3) is 0 Å². The quantitative estimate of drug-likeness (QED) is 0.295. The summed E-state index contributed by atoms with van der Waals surface area (Å²) in [7, 11) is 0. The summed E-state index contributed by atoms with van der Waals surface area (Å²) in [5, 5.41) is 0. The van der Waals surface area contributed by atoms with Gasteiger partial charge < -0.3 is 48.0 Å². The molecule has 0 saturated heterocycles. The summed E-state index contributed by atoms with van der Waals surface area (Å²) in [5.41, 5.74) is 0. The van der Waals surface area contributed by atoms with Crippen LogP contribution in [0.1, 0.15) is 0 Å². The summed E-state index contributed by atoms with van der Waals surface area (Å²) in [6, 6.07) is 0. The van der Waals surface area contributed by atoms with Gasteiger partial charge in [-0.1, -0.05) is 0 Å². The average Bonchev–Trinajstić information content (AvgIpc) is 1.12. The molecule has 0 aliphatic heterocycles. The molecule has 3 radical (unpaired) electrons. The minimum Gasteiger partial charge on any atom is -0.844 e. The summed E-state index contributed by atoms with van der Waals surface area (Å²) in [4.78, 5) is 44.6. The summed E-state index contributed by atoms with van der Waals surface area (Å²) in [5.74, 6) is 0. The third-order valence-corrected chi connectivity index (χ3v) is 0. The molecule has 0 aromatic carbocycles. The first-order valence-electron chi connectivity index (χ1n) is 1.46. The van der Waals surface area contributed by atoms with Crippen molar-refractivity contribution in [3.63, 3.8) is 0 Å². The van der Waals surface area contributed by atoms with Crippen LogP contribution in [-0.2, 0) is 79.0 Å². The fraction of sp³-hybridized carbons (Fsp3) is 0. The molecule has 0 saturated carbocycles. The fourth-order valence-corrected chi connectivity index (χ4v) is 0. The number of hydrogen-bond donors (Lipinski definition) is 0. The zero-order valence-corrected chi connectivity index (χ0v) is 11.7. The molecule has 0 aliphatic carbocycles. The van der Waals surface area contributed by atoms with E-state index in [1.807, 2.05) is 0 Å². The van der Waals surface area contributed by atoms with Crippen LogP contribution in [0.5, 0.6) is 0 Å². The Balaban J connectivity index is -0.0000000267. The van der Waals surface area contributed by atoms with Crippen molar-refractivity contribution in [3.8, 4) is 0 Å². The van der Waals surface area contributed by atoms with Gasteiger partial charge in [0.05, 0.1) is 0 Å². The summed E-state index contributed by atoms with van der Waals surface area (Å²) < 4.78 is 8.92. The molecule has 0 atom stereocenters. The molecule has 0 fully saturated rings. The van der Waals surface area contributed by atoms with Gasteiger partial charge in [-0.2, -0.15) is 11.8 Å². The van der Waals surface area contributed by atoms with Crippen LogP contribution < -0.4 is 24.5 Å². The van der Waals surface area contributed by atoms with E-state index in [1.54, 1.807) is 0 Å². The van der Waals surface area contributed by atoms with E-state index in [-0.39, 0.29) is 50.3 Å². The molecule has 0 unspecified atom stereocenters. The number of hydrogen-bond acceptors (Lipinski definition) is 8. The van der Waals surface area contributed by atoms with E-state index in [4.69, 9.17) is 29.0 Å². The third-order valence-electron chi connectivity index (χ3n) is 0. The summed E-state index contributed by atoms with van der Waals surface area (Å²) >= 11 is 6.54. The molecule has 0 amide bonds. The standard InChI is InChI=1S/3Co.2H3O3PS/c;;;2*1-4(2,3)5/h;;;2*(H3,1,2,3,5)/q3*+2;;/p-6. The first kappa shape index (κ1) is 29.6. The van der Waals surface area contributed by atoms with Crippen LogP contribution in [0, 0.1) is 0 Å². The topological polar surface area (TPSA) is 132 Å². The van der Waals surface area contributed by atoms with E-state index in [1.165, 1.54) is 0 Å². The van der Waals surface area contributed by atoms with Crippen molar-refractivity contribution in [2.45, 2.75) is 0 Å². The smallest absolute Gasteiger partial charge is 0.844 e. The Kier molecular flexibility index (Phi) is 28.7. The van der Waals surface area contributed by atoms with E-state index >= 15 is 0 Å². The molecule has 85 valence electrons. The fourth-order valence-electron chi connectivity index (χ4n) is 0. The van der Waals surface area contributed by atoms with E-state index in [0.29, 0.717) is 0 Å². The molecule has 0 bridgehead atoms. The van der Waals surface area contributed by atoms with Crippen molar-refractivity contribution in [2.75, 3.05) is 0 Å². The van der Waals surface area contributed by atoms with Crippen molar-refractivity contribution in [1.82, 2.24) is 0 Å². The van der Waals surface area contributed by atoms with Crippen LogP contribution in [0.15, 0.2) is 0 Å². The SMILES string of the molecule is O=P([O-])([O-])[S-].[Co+2].[Co+2].[Co+2].[O-]P([O-])([O-])=S. The molecular weight excluding hydrogens is 399 g/mol. The van der Waals surface area contributed by atoms with Crippen molar-refractivity contribution in [3.05, 3.63) is 0 Å². The zero-order chi connectivity index (χ0) is 9.00. The molecule has 0 aliphatic rings. The minimum atomic E-state index is -4.56. The van der Waals surface area contributed by atoms with Crippen molar-refractivity contribution in [2.24, 2.45) is 0 Å². The van der Waals surface area contributed by atoms with Crippen molar-refractivity contribution in [1.29, 1.82) is 0 Å². The van der Waals surface area contributed by atoms with Gasteiger partial charge in [-0.05, 0) is 0 Å². The van der Waals surface area contributed by atoms with Gasteiger partial charge in [0.15, 0.2) is 0 Å². The molecule has 0 rings (SSSR count). The predicted octanol–water partition coefficient (Wildman–Crippen LogP) is -4.35. The van der Waals surface area contributed by atoms with Gasteiger partial charge >= 0.3 is 50.3 Å². The van der Waals surface area contributed by atoms with E-state index < -0.39 is 13.5 Å². The van der Waals surface area contributed by atoms with Crippen LogP contribution in [-0.4, -0.2) is 0 Å². The monoisotopic (exact) mass is 399 g/mol. The molecule has 13 heavy (non-hydrogen) atoms. The van der Waals surface area contributed by atoms with Crippen LogP contribution >= 0.6 is 13.5 Å². The molecule has 6 nitrogen and oxygen atoms in total. The molecule has 13 heteroatoms. The van der Waals surface area contributed by atoms with Crippen molar-refractivity contribution < 1.29 is 79.4 Å². The van der Waals surface area contributed by atoms with E-state index in [2.05, 4.69) is 24.1 Å². The van der Waals surface area contributed by atoms with Crippen LogP contribution in [0.4, 0.5) is 0 Å². The van der Waals surface area contributed by atoms with E-state index in [0.717, 1.165) is 0 Å². The first-order valence-corrected chi connectivity index (χ1v) is 6.57. The zero-order valence-electron chi connectivity index (χ0n) is 5.16. The maximum atomic E-state index is 8.92. The Bertz CT molecular complexity index is 136. The molecule has 0 aromatic heterocycles. The van der Waals surface area contributed by atoms with Gasteiger partial charge in [0, 0.05) is 0 Å². The average molecular weight is 399 g/mol. The number of rotatable bonds is 0. The second-order valence-corrected chi connectivity index (χ2v) is 5.37. The first-order chi connectivity index (χ1) is 4.00. The second kappa shape index (κ2) is 12.6. The van der Waals surface area contributed by atoms with Gasteiger partial charge in [-0.15, -0.1) is 0 Å². The van der Waals surface area contributed by atoms with E-state index in [9.17, 15) is 0 Å². The Morgan fingerprint density at radius 2 is 0.923 bits per heavy atom. The molecular formula is Co3O6P2S2. The Morgan fingerprint density at radius 3 is 0.923 bits per heavy atom. The van der Waals surface area contributed by atoms with Gasteiger partial charge in [0.1, 0.15) is 0 Å². The molecule has 0 heterocycles. The predicted molar refractivity (Wildman–Crippen MR) is 29.3 cm³/mol. The molecule has 0 N–H and O–H groups in total. The largest absolute Gasteiger partial charge is 2.00 e. The molecule has 0 spiro atoms. The Labute approximate surface area is 116 Å². The minimum absolute atomic E-state index is 0. The maximum Gasteiger partial charge on any atom is 2.00 e. The van der Waals surface area contributed by atoms with Crippen molar-refractivity contribution >= 4 is 37.6 Å². The summed E-state index contributed by atoms with van der Waals surface area (Å²) in [6.45, 7) is -9.11. The summed E-state index contributed by atoms with van der Waals surface area (Å²) in [6.07, 6.45) is 0. The third kappa shape index (κ3) is 353. The Morgan fingerprint density at radius 1 is 0.923 bits per heavy atom. The van der Waals surface area contributed by atoms with Crippen LogP contribution in [0.2, 0.25) is 0 Å². The maximum absolute atomic E-state index is 8.92. The van der Waals surface area contributed by atoms with Gasteiger partial charge in [-0.3, -0.25) is 0 Å². The molecule has 0 aromatic rings. The Hall–Kier alpha value is 2.55. The van der Waals surface area contributed by atoms with Gasteiger partial charge in [0.2, 0.25) is 0 Å². The second-order valence-electron chi connectivity index (χ2n) is 0.894. The van der Waals surface area contributed by atoms with Crippen LogP contribution in [0.25, 0.3) is 0 Å². The van der Waals surface area contributed by atoms with Crippen LogP contribution in [0.3, 0.4) is 0 Å². The van der Waals surface area contributed by atoms with Gasteiger partial charge in [-0.25, -0.2) is 6.80 Å². The normalized spacial score (nSPS) is 9.08.